The van der Waals surface area contributed by atoms with Crippen LogP contribution in [0.25, 0.3) is 44.3 Å². The number of fused-ring (bicyclic) bond motifs is 2. The molecule has 0 bridgehead atoms. The summed E-state index contributed by atoms with van der Waals surface area (Å²) < 4.78 is 8.91. The van der Waals surface area contributed by atoms with Gasteiger partial charge in [0, 0.05) is 21.9 Å². The second-order valence-corrected chi connectivity index (χ2v) is 15.9. The molecule has 0 aliphatic rings. The standard InChI is InChI=1S/C25H21N2.C23H29N2.CH4.2ClH/c1-18-11-13-20-7-3-5-9-22(20)24(18)26-15-16-27(17-26)25-19(2)12-14-21-8-4-6-10-23(21)25;1-22(2,3)18-11-7-9-13-20(18)24-15-16-25(17-24)21-14-10-8-12-19(21)23(4,5)6;;;/h3-17H,1-2H3;7-17H,1-6H3;1H4;2*1H/q2*+1;;;/p-2. The summed E-state index contributed by atoms with van der Waals surface area (Å²) in [4.78, 5) is 0. The van der Waals surface area contributed by atoms with E-state index in [1.807, 2.05) is 0 Å². The smallest absolute Gasteiger partial charge is 0.254 e. The molecule has 4 nitrogen and oxygen atoms in total. The summed E-state index contributed by atoms with van der Waals surface area (Å²) in [6.45, 7) is 17.9. The molecule has 0 unspecified atom stereocenters. The quantitative estimate of drug-likeness (QED) is 0.206. The first-order chi connectivity index (χ1) is 24.9. The van der Waals surface area contributed by atoms with Crippen LogP contribution in [0.4, 0.5) is 0 Å². The molecule has 2 aromatic heterocycles. The van der Waals surface area contributed by atoms with Crippen molar-refractivity contribution in [2.75, 3.05) is 0 Å². The topological polar surface area (TPSA) is 17.6 Å². The third-order valence-electron chi connectivity index (χ3n) is 9.97. The van der Waals surface area contributed by atoms with Crippen LogP contribution < -0.4 is 33.9 Å². The molecule has 0 aliphatic carbocycles. The van der Waals surface area contributed by atoms with E-state index in [0.717, 1.165) is 0 Å². The molecule has 6 heteroatoms. The fourth-order valence-corrected chi connectivity index (χ4v) is 7.34. The van der Waals surface area contributed by atoms with E-state index >= 15 is 0 Å². The SMILES string of the molecule is C.CC(C)(C)c1ccccc1-n1cc[n+](-c2ccccc2C(C)(C)C)c1.Cc1ccc2ccccc2c1-n1cc[n+](-c2c(C)ccc3ccccc23)c1.[Cl-].[Cl-]. The molecule has 55 heavy (non-hydrogen) atoms. The highest BCUT2D eigenvalue weighted by Gasteiger charge is 2.24. The van der Waals surface area contributed by atoms with Crippen molar-refractivity contribution in [3.63, 3.8) is 0 Å². The number of halogens is 2. The van der Waals surface area contributed by atoms with Crippen molar-refractivity contribution < 1.29 is 33.9 Å². The number of rotatable bonds is 4. The van der Waals surface area contributed by atoms with Crippen molar-refractivity contribution >= 4 is 21.5 Å². The van der Waals surface area contributed by atoms with Crippen molar-refractivity contribution in [1.29, 1.82) is 0 Å². The van der Waals surface area contributed by atoms with Crippen LogP contribution in [0.3, 0.4) is 0 Å². The van der Waals surface area contributed by atoms with E-state index in [2.05, 4.69) is 232 Å². The highest BCUT2D eigenvalue weighted by Crippen LogP contribution is 2.30. The summed E-state index contributed by atoms with van der Waals surface area (Å²) in [5.74, 6) is 0. The summed E-state index contributed by atoms with van der Waals surface area (Å²) in [7, 11) is 0. The predicted molar refractivity (Wildman–Crippen MR) is 223 cm³/mol. The Kier molecular flexibility index (Phi) is 13.2. The molecule has 0 saturated carbocycles. The zero-order valence-corrected chi connectivity index (χ0v) is 34.1. The van der Waals surface area contributed by atoms with Crippen molar-refractivity contribution in [2.24, 2.45) is 0 Å². The van der Waals surface area contributed by atoms with E-state index in [9.17, 15) is 0 Å². The van der Waals surface area contributed by atoms with Crippen LogP contribution in [0.15, 0.2) is 159 Å². The monoisotopic (exact) mass is 768 g/mol. The Morgan fingerprint density at radius 1 is 0.473 bits per heavy atom. The Labute approximate surface area is 340 Å². The van der Waals surface area contributed by atoms with E-state index in [1.165, 1.54) is 66.5 Å². The predicted octanol–water partition coefficient (Wildman–Crippen LogP) is 5.67. The van der Waals surface area contributed by atoms with Gasteiger partial charge < -0.3 is 24.8 Å². The average Bonchev–Trinajstić information content (AvgIpc) is 3.82. The summed E-state index contributed by atoms with van der Waals surface area (Å²) in [5, 5.41) is 5.07. The molecule has 284 valence electrons. The number of nitrogens with zero attached hydrogens (tertiary/aromatic N) is 4. The minimum Gasteiger partial charge on any atom is -1.00 e. The number of aryl methyl sites for hydroxylation is 2. The molecule has 0 amide bonds. The fourth-order valence-electron chi connectivity index (χ4n) is 7.34. The van der Waals surface area contributed by atoms with E-state index in [-0.39, 0.29) is 43.1 Å². The van der Waals surface area contributed by atoms with Crippen LogP contribution in [0.1, 0.15) is 71.2 Å². The molecule has 0 saturated heterocycles. The fraction of sp³-hybridized carbons (Fsp3) is 0.224. The summed E-state index contributed by atoms with van der Waals surface area (Å²) in [6, 6.07) is 43.2. The lowest BCUT2D eigenvalue weighted by molar-refractivity contribution is -0.595. The first-order valence-electron chi connectivity index (χ1n) is 18.3. The van der Waals surface area contributed by atoms with Crippen LogP contribution in [-0.2, 0) is 10.8 Å². The number of aromatic nitrogens is 4. The summed E-state index contributed by atoms with van der Waals surface area (Å²) in [6.07, 6.45) is 12.9. The maximum Gasteiger partial charge on any atom is 0.254 e. The first kappa shape index (κ1) is 42.6. The number of hydrogen-bond donors (Lipinski definition) is 0. The Morgan fingerprint density at radius 3 is 1.64 bits per heavy atom. The largest absolute Gasteiger partial charge is 1.00 e. The van der Waals surface area contributed by atoms with Gasteiger partial charge in [-0.05, 0) is 58.7 Å². The maximum atomic E-state index is 2.26. The highest BCUT2D eigenvalue weighted by molar-refractivity contribution is 5.92. The van der Waals surface area contributed by atoms with Crippen LogP contribution in [-0.4, -0.2) is 9.13 Å². The van der Waals surface area contributed by atoms with Crippen LogP contribution in [0.5, 0.6) is 0 Å². The zero-order valence-electron chi connectivity index (χ0n) is 32.6. The molecular formula is C49H54Cl2N4. The molecule has 0 radical (unpaired) electrons. The number of hydrogen-bond acceptors (Lipinski definition) is 0. The van der Waals surface area contributed by atoms with Crippen molar-refractivity contribution in [3.8, 4) is 22.7 Å². The van der Waals surface area contributed by atoms with Crippen molar-refractivity contribution in [2.45, 2.75) is 73.6 Å². The lowest BCUT2D eigenvalue weighted by atomic mass is 9.85. The zero-order chi connectivity index (χ0) is 36.6. The lowest BCUT2D eigenvalue weighted by Crippen LogP contribution is -3.00. The van der Waals surface area contributed by atoms with Gasteiger partial charge in [-0.1, -0.05) is 158 Å². The molecule has 2 heterocycles. The average molecular weight is 770 g/mol. The minimum atomic E-state index is 0. The van der Waals surface area contributed by atoms with Gasteiger partial charge in [0.05, 0.1) is 0 Å². The molecule has 8 aromatic rings. The first-order valence-corrected chi connectivity index (χ1v) is 18.3. The molecular weight excluding hydrogens is 715 g/mol. The molecule has 0 N–H and O–H groups in total. The Bertz CT molecular complexity index is 2360. The lowest BCUT2D eigenvalue weighted by Gasteiger charge is -2.21. The summed E-state index contributed by atoms with van der Waals surface area (Å²) >= 11 is 0. The molecule has 0 aliphatic heterocycles. The van der Waals surface area contributed by atoms with Gasteiger partial charge in [0.1, 0.15) is 47.5 Å². The molecule has 8 rings (SSSR count). The molecule has 0 atom stereocenters. The van der Waals surface area contributed by atoms with Gasteiger partial charge in [0.25, 0.3) is 12.7 Å². The second kappa shape index (κ2) is 17.1. The summed E-state index contributed by atoms with van der Waals surface area (Å²) in [5.41, 5.74) is 10.4. The molecule has 6 aromatic carbocycles. The molecule has 0 spiro atoms. The van der Waals surface area contributed by atoms with E-state index in [1.54, 1.807) is 0 Å². The van der Waals surface area contributed by atoms with Gasteiger partial charge in [-0.25, -0.2) is 18.3 Å². The van der Waals surface area contributed by atoms with Gasteiger partial charge in [-0.3, -0.25) is 0 Å². The third kappa shape index (κ3) is 8.72. The van der Waals surface area contributed by atoms with Crippen LogP contribution >= 0.6 is 0 Å². The number of para-hydroxylation sites is 2. The minimum absolute atomic E-state index is 0. The van der Waals surface area contributed by atoms with E-state index in [4.69, 9.17) is 0 Å². The maximum absolute atomic E-state index is 2.26. The van der Waals surface area contributed by atoms with Gasteiger partial charge in [-0.15, -0.1) is 0 Å². The van der Waals surface area contributed by atoms with Gasteiger partial charge >= 0.3 is 0 Å². The third-order valence-corrected chi connectivity index (χ3v) is 9.97. The van der Waals surface area contributed by atoms with Crippen molar-refractivity contribution in [3.05, 3.63) is 181 Å². The van der Waals surface area contributed by atoms with Gasteiger partial charge in [-0.2, -0.15) is 0 Å². The Hall–Kier alpha value is -5.16. The Morgan fingerprint density at radius 2 is 0.964 bits per heavy atom. The second-order valence-electron chi connectivity index (χ2n) is 15.9. The van der Waals surface area contributed by atoms with Crippen LogP contribution in [0.2, 0.25) is 0 Å². The number of imidazole rings is 2. The normalized spacial score (nSPS) is 11.2. The molecule has 0 fully saturated rings. The van der Waals surface area contributed by atoms with E-state index < -0.39 is 0 Å². The Balaban J connectivity index is 0.000000233. The number of benzene rings is 6. The van der Waals surface area contributed by atoms with Gasteiger partial charge in [0.15, 0.2) is 0 Å². The van der Waals surface area contributed by atoms with Gasteiger partial charge in [0.2, 0.25) is 0 Å². The van der Waals surface area contributed by atoms with Crippen molar-refractivity contribution in [1.82, 2.24) is 9.13 Å². The van der Waals surface area contributed by atoms with Crippen LogP contribution in [0, 0.1) is 13.8 Å². The van der Waals surface area contributed by atoms with E-state index in [0.29, 0.717) is 0 Å². The highest BCUT2D eigenvalue weighted by atomic mass is 35.5.